The number of phenols is 1. The first-order chi connectivity index (χ1) is 8.99. The van der Waals surface area contributed by atoms with E-state index in [0.717, 1.165) is 6.42 Å². The van der Waals surface area contributed by atoms with Gasteiger partial charge in [-0.15, -0.1) is 0 Å². The van der Waals surface area contributed by atoms with Crippen LogP contribution in [0.5, 0.6) is 5.75 Å². The van der Waals surface area contributed by atoms with Crippen LogP contribution < -0.4 is 0 Å². The van der Waals surface area contributed by atoms with Gasteiger partial charge in [0.1, 0.15) is 5.54 Å². The lowest BCUT2D eigenvalue weighted by Gasteiger charge is -2.33. The predicted molar refractivity (Wildman–Crippen MR) is 68.4 cm³/mol. The van der Waals surface area contributed by atoms with Crippen molar-refractivity contribution < 1.29 is 19.4 Å². The number of rotatable bonds is 4. The van der Waals surface area contributed by atoms with Crippen molar-refractivity contribution in [2.45, 2.75) is 38.3 Å². The zero-order chi connectivity index (χ0) is 14.0. The Hall–Kier alpha value is -1.62. The van der Waals surface area contributed by atoms with E-state index in [4.69, 9.17) is 5.11 Å². The van der Waals surface area contributed by atoms with Crippen molar-refractivity contribution in [2.75, 3.05) is 6.54 Å². The summed E-state index contributed by atoms with van der Waals surface area (Å²) in [5, 5.41) is 18.6. The predicted octanol–water partition coefficient (Wildman–Crippen LogP) is 2.36. The molecule has 1 saturated heterocycles. The monoisotopic (exact) mass is 267 g/mol. The number of hydrogen-bond donors (Lipinski definition) is 2. The standard InChI is InChI=1S/C14H18FNO3/c1-2-14(13(18)19)6-3-7-16(14)9-10-4-5-12(17)11(15)8-10/h4-5,8,17H,2-3,6-7,9H2,1H3,(H,18,19). The van der Waals surface area contributed by atoms with Crippen LogP contribution in [0.4, 0.5) is 4.39 Å². The molecule has 2 rings (SSSR count). The number of carboxylic acids is 1. The largest absolute Gasteiger partial charge is 0.505 e. The lowest BCUT2D eigenvalue weighted by atomic mass is 9.92. The Morgan fingerprint density at radius 3 is 2.84 bits per heavy atom. The van der Waals surface area contributed by atoms with E-state index in [2.05, 4.69) is 0 Å². The molecule has 0 spiro atoms. The summed E-state index contributed by atoms with van der Waals surface area (Å²) in [6.07, 6.45) is 1.99. The molecule has 0 radical (unpaired) electrons. The van der Waals surface area contributed by atoms with E-state index >= 15 is 0 Å². The molecule has 0 aliphatic carbocycles. The second-order valence-electron chi connectivity index (χ2n) is 5.00. The average molecular weight is 267 g/mol. The van der Waals surface area contributed by atoms with Gasteiger partial charge in [-0.1, -0.05) is 13.0 Å². The van der Waals surface area contributed by atoms with Crippen LogP contribution in [0, 0.1) is 5.82 Å². The van der Waals surface area contributed by atoms with Gasteiger partial charge in [0.15, 0.2) is 11.6 Å². The molecule has 0 bridgehead atoms. The number of carbonyl (C=O) groups is 1. The van der Waals surface area contributed by atoms with E-state index in [1.165, 1.54) is 12.1 Å². The lowest BCUT2D eigenvalue weighted by molar-refractivity contribution is -0.150. The summed E-state index contributed by atoms with van der Waals surface area (Å²) in [7, 11) is 0. The molecule has 4 nitrogen and oxygen atoms in total. The highest BCUT2D eigenvalue weighted by Crippen LogP contribution is 2.34. The van der Waals surface area contributed by atoms with Crippen LogP contribution in [-0.2, 0) is 11.3 Å². The second kappa shape index (κ2) is 5.17. The number of carboxylic acid groups (broad SMARTS) is 1. The van der Waals surface area contributed by atoms with Gasteiger partial charge in [0.05, 0.1) is 0 Å². The van der Waals surface area contributed by atoms with Gasteiger partial charge < -0.3 is 10.2 Å². The SMILES string of the molecule is CCC1(C(=O)O)CCCN1Cc1ccc(O)c(F)c1. The molecule has 19 heavy (non-hydrogen) atoms. The lowest BCUT2D eigenvalue weighted by Crippen LogP contribution is -2.49. The number of benzene rings is 1. The van der Waals surface area contributed by atoms with E-state index in [9.17, 15) is 14.3 Å². The highest BCUT2D eigenvalue weighted by Gasteiger charge is 2.45. The molecule has 2 N–H and O–H groups in total. The van der Waals surface area contributed by atoms with Crippen molar-refractivity contribution in [3.05, 3.63) is 29.6 Å². The van der Waals surface area contributed by atoms with Crippen LogP contribution in [0.2, 0.25) is 0 Å². The zero-order valence-corrected chi connectivity index (χ0v) is 10.9. The minimum Gasteiger partial charge on any atom is -0.505 e. The fraction of sp³-hybridized carbons (Fsp3) is 0.500. The number of aliphatic carboxylic acids is 1. The van der Waals surface area contributed by atoms with Crippen LogP contribution >= 0.6 is 0 Å². The number of aromatic hydroxyl groups is 1. The third-order valence-electron chi connectivity index (χ3n) is 3.99. The van der Waals surface area contributed by atoms with Crippen LogP contribution in [0.25, 0.3) is 0 Å². The molecule has 1 aromatic rings. The van der Waals surface area contributed by atoms with Crippen molar-refractivity contribution in [2.24, 2.45) is 0 Å². The van der Waals surface area contributed by atoms with Gasteiger partial charge in [-0.2, -0.15) is 0 Å². The molecule has 0 saturated carbocycles. The highest BCUT2D eigenvalue weighted by atomic mass is 19.1. The quantitative estimate of drug-likeness (QED) is 0.879. The van der Waals surface area contributed by atoms with Crippen molar-refractivity contribution in [1.29, 1.82) is 0 Å². The first-order valence-electron chi connectivity index (χ1n) is 6.45. The highest BCUT2D eigenvalue weighted by molar-refractivity contribution is 5.79. The van der Waals surface area contributed by atoms with Crippen molar-refractivity contribution in [3.8, 4) is 5.75 Å². The van der Waals surface area contributed by atoms with Gasteiger partial charge in [-0.25, -0.2) is 4.39 Å². The first kappa shape index (κ1) is 13.8. The summed E-state index contributed by atoms with van der Waals surface area (Å²) in [6, 6.07) is 4.18. The molecule has 1 atom stereocenters. The van der Waals surface area contributed by atoms with E-state index in [0.29, 0.717) is 31.5 Å². The summed E-state index contributed by atoms with van der Waals surface area (Å²) < 4.78 is 13.3. The first-order valence-corrected chi connectivity index (χ1v) is 6.45. The van der Waals surface area contributed by atoms with Gasteiger partial charge in [-0.05, 0) is 43.5 Å². The molecule has 1 aliphatic rings. The van der Waals surface area contributed by atoms with Crippen molar-refractivity contribution >= 4 is 5.97 Å². The fourth-order valence-electron chi connectivity index (χ4n) is 2.83. The van der Waals surface area contributed by atoms with Crippen LogP contribution in [0.1, 0.15) is 31.7 Å². The third-order valence-corrected chi connectivity index (χ3v) is 3.99. The molecule has 1 aliphatic heterocycles. The number of likely N-dealkylation sites (tertiary alicyclic amines) is 1. The summed E-state index contributed by atoms with van der Waals surface area (Å²) in [6.45, 7) is 2.95. The van der Waals surface area contributed by atoms with Crippen LogP contribution in [-0.4, -0.2) is 33.2 Å². The Balaban J connectivity index is 2.21. The molecule has 5 heteroatoms. The Morgan fingerprint density at radius 1 is 1.53 bits per heavy atom. The zero-order valence-electron chi connectivity index (χ0n) is 10.9. The minimum atomic E-state index is -0.839. The van der Waals surface area contributed by atoms with Gasteiger partial charge in [0.25, 0.3) is 0 Å². The number of nitrogens with zero attached hydrogens (tertiary/aromatic N) is 1. The third kappa shape index (κ3) is 2.42. The van der Waals surface area contributed by atoms with Crippen LogP contribution in [0.3, 0.4) is 0 Å². The second-order valence-corrected chi connectivity index (χ2v) is 5.00. The average Bonchev–Trinajstić information content (AvgIpc) is 2.78. The maximum absolute atomic E-state index is 13.3. The Bertz CT molecular complexity index is 492. The number of phenolic OH excluding ortho intramolecular Hbond substituents is 1. The topological polar surface area (TPSA) is 60.8 Å². The van der Waals surface area contributed by atoms with E-state index in [1.54, 1.807) is 6.07 Å². The summed E-state index contributed by atoms with van der Waals surface area (Å²) in [4.78, 5) is 13.4. The van der Waals surface area contributed by atoms with Crippen molar-refractivity contribution in [3.63, 3.8) is 0 Å². The maximum atomic E-state index is 13.3. The van der Waals surface area contributed by atoms with Gasteiger partial charge in [0.2, 0.25) is 0 Å². The summed E-state index contributed by atoms with van der Waals surface area (Å²) >= 11 is 0. The normalized spacial score (nSPS) is 23.7. The van der Waals surface area contributed by atoms with Crippen LogP contribution in [0.15, 0.2) is 18.2 Å². The number of halogens is 1. The Morgan fingerprint density at radius 2 is 2.26 bits per heavy atom. The Kier molecular flexibility index (Phi) is 3.75. The van der Waals surface area contributed by atoms with E-state index in [1.807, 2.05) is 11.8 Å². The van der Waals surface area contributed by atoms with E-state index < -0.39 is 17.3 Å². The molecular formula is C14H18FNO3. The molecule has 0 amide bonds. The molecule has 1 fully saturated rings. The smallest absolute Gasteiger partial charge is 0.324 e. The molecule has 1 aromatic carbocycles. The molecule has 104 valence electrons. The molecule has 0 aromatic heterocycles. The molecular weight excluding hydrogens is 249 g/mol. The Labute approximate surface area is 111 Å². The number of hydrogen-bond acceptors (Lipinski definition) is 3. The molecule has 1 heterocycles. The summed E-state index contributed by atoms with van der Waals surface area (Å²) in [5.74, 6) is -1.87. The summed E-state index contributed by atoms with van der Waals surface area (Å²) in [5.41, 5.74) is -0.162. The van der Waals surface area contributed by atoms with Crippen molar-refractivity contribution in [1.82, 2.24) is 4.90 Å². The van der Waals surface area contributed by atoms with Gasteiger partial charge in [-0.3, -0.25) is 9.69 Å². The molecule has 1 unspecified atom stereocenters. The minimum absolute atomic E-state index is 0.384. The van der Waals surface area contributed by atoms with Gasteiger partial charge in [0, 0.05) is 6.54 Å². The fourth-order valence-corrected chi connectivity index (χ4v) is 2.83. The van der Waals surface area contributed by atoms with Gasteiger partial charge >= 0.3 is 5.97 Å². The van der Waals surface area contributed by atoms with E-state index in [-0.39, 0.29) is 5.75 Å². The maximum Gasteiger partial charge on any atom is 0.324 e.